The molecule has 8 nitrogen and oxygen atoms in total. The summed E-state index contributed by atoms with van der Waals surface area (Å²) in [5.41, 5.74) is 0.872. The first-order valence-corrected chi connectivity index (χ1v) is 10.8. The molecule has 1 aliphatic heterocycles. The first-order chi connectivity index (χ1) is 16.6. The van der Waals surface area contributed by atoms with Gasteiger partial charge in [-0.3, -0.25) is 9.69 Å². The van der Waals surface area contributed by atoms with Crippen LogP contribution in [-0.2, 0) is 19.1 Å². The quantitative estimate of drug-likeness (QED) is 0.428. The van der Waals surface area contributed by atoms with Gasteiger partial charge in [0.1, 0.15) is 17.9 Å². The first-order valence-electron chi connectivity index (χ1n) is 10.8. The lowest BCUT2D eigenvalue weighted by Crippen LogP contribution is -2.40. The molecule has 0 amide bonds. The maximum absolute atomic E-state index is 14.7. The Kier molecular flexibility index (Phi) is 5.64. The van der Waals surface area contributed by atoms with Crippen LogP contribution in [0.2, 0.25) is 0 Å². The second-order valence-electron chi connectivity index (χ2n) is 8.54. The van der Waals surface area contributed by atoms with Gasteiger partial charge in [0.05, 0.1) is 17.6 Å². The molecule has 0 saturated heterocycles. The van der Waals surface area contributed by atoms with Crippen molar-refractivity contribution in [3.63, 3.8) is 0 Å². The number of benzene rings is 2. The summed E-state index contributed by atoms with van der Waals surface area (Å²) in [6, 6.07) is 10.6. The molecule has 2 unspecified atom stereocenters. The number of nitrogens with zero attached hydrogens (tertiary/aromatic N) is 5. The van der Waals surface area contributed by atoms with Gasteiger partial charge in [-0.1, -0.05) is 24.3 Å². The van der Waals surface area contributed by atoms with Gasteiger partial charge in [0.25, 0.3) is 5.56 Å². The molecule has 12 heteroatoms. The number of alkyl halides is 3. The van der Waals surface area contributed by atoms with E-state index in [9.17, 15) is 27.5 Å². The molecule has 0 fully saturated rings. The lowest BCUT2D eigenvalue weighted by atomic mass is 10.0. The highest BCUT2D eigenvalue weighted by molar-refractivity contribution is 5.83. The smallest absolute Gasteiger partial charge is 0.374 e. The number of nitrogens with one attached hydrogen (secondary N) is 1. The number of aromatic nitrogens is 5. The largest absolute Gasteiger partial charge is 0.451 e. The Bertz CT molecular complexity index is 1460. The predicted octanol–water partition coefficient (Wildman–Crippen LogP) is 3.33. The Morgan fingerprint density at radius 1 is 1.17 bits per heavy atom. The Labute approximate surface area is 195 Å². The highest BCUT2D eigenvalue weighted by Crippen LogP contribution is 2.35. The number of H-pyrrole nitrogens is 1. The molecule has 2 aromatic carbocycles. The molecule has 4 aromatic rings. The Morgan fingerprint density at radius 3 is 2.66 bits per heavy atom. The number of fused-ring (bicyclic) bond motifs is 2. The molecule has 0 bridgehead atoms. The molecule has 1 aliphatic rings. The molecule has 2 N–H and O–H groups in total. The van der Waals surface area contributed by atoms with Gasteiger partial charge in [0.2, 0.25) is 5.82 Å². The van der Waals surface area contributed by atoms with E-state index in [1.165, 1.54) is 17.0 Å². The summed E-state index contributed by atoms with van der Waals surface area (Å²) in [5, 5.41) is 25.6. The van der Waals surface area contributed by atoms with Gasteiger partial charge >= 0.3 is 6.18 Å². The number of hydrogen-bond donors (Lipinski definition) is 2. The second-order valence-corrected chi connectivity index (χ2v) is 8.54. The lowest BCUT2D eigenvalue weighted by Gasteiger charge is -2.35. The maximum atomic E-state index is 14.7. The summed E-state index contributed by atoms with van der Waals surface area (Å²) in [4.78, 5) is 13.5. The summed E-state index contributed by atoms with van der Waals surface area (Å²) in [5.74, 6) is -1.71. The van der Waals surface area contributed by atoms with Crippen LogP contribution in [0.1, 0.15) is 47.7 Å². The molecule has 2 atom stereocenters. The second kappa shape index (κ2) is 8.54. The van der Waals surface area contributed by atoms with Crippen molar-refractivity contribution in [2.45, 2.75) is 38.3 Å². The highest BCUT2D eigenvalue weighted by Gasteiger charge is 2.42. The Morgan fingerprint density at radius 2 is 1.91 bits per heavy atom. The number of aromatic amines is 1. The van der Waals surface area contributed by atoms with Crippen molar-refractivity contribution in [2.24, 2.45) is 0 Å². The van der Waals surface area contributed by atoms with Crippen molar-refractivity contribution in [1.29, 1.82) is 0 Å². The van der Waals surface area contributed by atoms with Crippen LogP contribution in [0.15, 0.2) is 47.3 Å². The van der Waals surface area contributed by atoms with Gasteiger partial charge < -0.3 is 9.67 Å². The van der Waals surface area contributed by atoms with E-state index >= 15 is 0 Å². The number of aliphatic hydroxyl groups excluding tert-OH is 1. The van der Waals surface area contributed by atoms with Gasteiger partial charge in [-0.25, -0.2) is 9.49 Å². The summed E-state index contributed by atoms with van der Waals surface area (Å²) >= 11 is 0. The molecule has 0 spiro atoms. The molecule has 0 radical (unpaired) electrons. The molecule has 0 aliphatic carbocycles. The first kappa shape index (κ1) is 23.1. The third-order valence-electron chi connectivity index (χ3n) is 6.14. The maximum Gasteiger partial charge on any atom is 0.451 e. The summed E-state index contributed by atoms with van der Waals surface area (Å²) in [6.45, 7) is 1.45. The van der Waals surface area contributed by atoms with E-state index in [1.54, 1.807) is 37.3 Å². The van der Waals surface area contributed by atoms with E-state index in [4.69, 9.17) is 0 Å². The Hall–Kier alpha value is -3.64. The van der Waals surface area contributed by atoms with Crippen LogP contribution in [0.4, 0.5) is 17.6 Å². The van der Waals surface area contributed by atoms with Crippen LogP contribution >= 0.6 is 0 Å². The standard InChI is InChI=1S/C23H20F4N6O2/c1-12-10-32(11-19-29-31-22(33(12)19)23(25,26)27)21(35)16-8-13(6-7-17(16)24)9-18-14-4-2-3-5-15(14)20(34)30-28-18/h2-8,12,21,35H,9-11H2,1H3,(H,30,34). The van der Waals surface area contributed by atoms with Gasteiger partial charge in [-0.05, 0) is 30.7 Å². The number of halogens is 4. The predicted molar refractivity (Wildman–Crippen MR) is 117 cm³/mol. The Balaban J connectivity index is 1.43. The van der Waals surface area contributed by atoms with Crippen molar-refractivity contribution in [3.05, 3.63) is 87.1 Å². The molecule has 182 valence electrons. The fraction of sp³-hybridized carbons (Fsp3) is 0.304. The van der Waals surface area contributed by atoms with Crippen molar-refractivity contribution in [1.82, 2.24) is 29.9 Å². The van der Waals surface area contributed by atoms with Gasteiger partial charge in [0.15, 0.2) is 0 Å². The molecular formula is C23H20F4N6O2. The number of aliphatic hydroxyl groups is 1. The highest BCUT2D eigenvalue weighted by atomic mass is 19.4. The van der Waals surface area contributed by atoms with Crippen LogP contribution in [0.3, 0.4) is 0 Å². The fourth-order valence-corrected chi connectivity index (χ4v) is 4.54. The lowest BCUT2D eigenvalue weighted by molar-refractivity contribution is -0.149. The minimum absolute atomic E-state index is 0.0209. The molecular weight excluding hydrogens is 468 g/mol. The average Bonchev–Trinajstić information content (AvgIpc) is 3.27. The minimum atomic E-state index is -4.65. The number of rotatable bonds is 4. The third kappa shape index (κ3) is 4.19. The third-order valence-corrected chi connectivity index (χ3v) is 6.14. The zero-order chi connectivity index (χ0) is 24.9. The van der Waals surface area contributed by atoms with Crippen molar-refractivity contribution in [2.75, 3.05) is 6.54 Å². The SMILES string of the molecule is CC1CN(C(O)c2cc(Cc3n[nH]c(=O)c4ccccc34)ccc2F)Cc2nnc(C(F)(F)F)n21. The normalized spacial score (nSPS) is 17.5. The number of hydrogen-bond acceptors (Lipinski definition) is 6. The van der Waals surface area contributed by atoms with E-state index in [2.05, 4.69) is 20.4 Å². The van der Waals surface area contributed by atoms with Crippen molar-refractivity contribution in [3.8, 4) is 0 Å². The van der Waals surface area contributed by atoms with Crippen LogP contribution in [-0.4, -0.2) is 41.5 Å². The minimum Gasteiger partial charge on any atom is -0.374 e. The molecule has 2 aromatic heterocycles. The van der Waals surface area contributed by atoms with Gasteiger partial charge in [-0.2, -0.15) is 18.3 Å². The van der Waals surface area contributed by atoms with Gasteiger partial charge in [-0.15, -0.1) is 10.2 Å². The van der Waals surface area contributed by atoms with Gasteiger partial charge in [0, 0.05) is 30.0 Å². The van der Waals surface area contributed by atoms with Crippen LogP contribution in [0, 0.1) is 5.82 Å². The monoisotopic (exact) mass is 488 g/mol. The zero-order valence-electron chi connectivity index (χ0n) is 18.4. The summed E-state index contributed by atoms with van der Waals surface area (Å²) in [6.07, 6.45) is -5.81. The van der Waals surface area contributed by atoms with E-state index in [-0.39, 0.29) is 36.5 Å². The van der Waals surface area contributed by atoms with Crippen LogP contribution in [0.25, 0.3) is 10.8 Å². The van der Waals surface area contributed by atoms with Crippen LogP contribution in [0.5, 0.6) is 0 Å². The summed E-state index contributed by atoms with van der Waals surface area (Å²) in [7, 11) is 0. The average molecular weight is 488 g/mol. The summed E-state index contributed by atoms with van der Waals surface area (Å²) < 4.78 is 55.5. The molecule has 0 saturated carbocycles. The van der Waals surface area contributed by atoms with Crippen LogP contribution < -0.4 is 5.56 Å². The van der Waals surface area contributed by atoms with E-state index in [1.807, 2.05) is 0 Å². The topological polar surface area (TPSA) is 99.9 Å². The zero-order valence-corrected chi connectivity index (χ0v) is 18.4. The molecule has 5 rings (SSSR count). The fourth-order valence-electron chi connectivity index (χ4n) is 4.54. The molecule has 35 heavy (non-hydrogen) atoms. The van der Waals surface area contributed by atoms with Crippen molar-refractivity contribution >= 4 is 10.8 Å². The van der Waals surface area contributed by atoms with E-state index in [0.29, 0.717) is 22.0 Å². The van der Waals surface area contributed by atoms with E-state index < -0.39 is 30.1 Å². The molecule has 3 heterocycles. The van der Waals surface area contributed by atoms with Crippen molar-refractivity contribution < 1.29 is 22.7 Å². The van der Waals surface area contributed by atoms with E-state index in [0.717, 1.165) is 4.57 Å².